The number of rotatable bonds is 5. The van der Waals surface area contributed by atoms with E-state index in [4.69, 9.17) is 9.84 Å². The van der Waals surface area contributed by atoms with E-state index in [1.54, 1.807) is 18.2 Å². The van der Waals surface area contributed by atoms with Gasteiger partial charge in [-0.1, -0.05) is 18.6 Å². The van der Waals surface area contributed by atoms with Gasteiger partial charge in [-0.05, 0) is 25.5 Å². The summed E-state index contributed by atoms with van der Waals surface area (Å²) < 4.78 is 9.67. The Labute approximate surface area is 115 Å². The number of hydrogen-bond acceptors (Lipinski definition) is 5. The summed E-state index contributed by atoms with van der Waals surface area (Å²) in [6.07, 6.45) is 1.75. The van der Waals surface area contributed by atoms with E-state index in [9.17, 15) is 4.79 Å². The van der Waals surface area contributed by atoms with Gasteiger partial charge in [0.05, 0.1) is 0 Å². The van der Waals surface area contributed by atoms with Crippen LogP contribution in [0.15, 0.2) is 18.2 Å². The number of benzene rings is 1. The minimum absolute atomic E-state index is 0.132. The number of carboxylic acid groups (broad SMARTS) is 1. The van der Waals surface area contributed by atoms with Gasteiger partial charge in [0.25, 0.3) is 5.19 Å². The molecule has 0 radical (unpaired) electrons. The molecular weight excluding hydrogens is 264 g/mol. The zero-order chi connectivity index (χ0) is 13.8. The first-order chi connectivity index (χ1) is 9.10. The van der Waals surface area contributed by atoms with E-state index in [2.05, 4.69) is 9.36 Å². The van der Waals surface area contributed by atoms with Gasteiger partial charge in [-0.15, -0.1) is 0 Å². The van der Waals surface area contributed by atoms with Gasteiger partial charge in [-0.2, -0.15) is 9.36 Å². The number of aromatic nitrogens is 2. The fourth-order valence-corrected chi connectivity index (χ4v) is 2.19. The van der Waals surface area contributed by atoms with Crippen molar-refractivity contribution < 1.29 is 14.6 Å². The average Bonchev–Trinajstić information content (AvgIpc) is 2.79. The van der Waals surface area contributed by atoms with Crippen LogP contribution in [0.3, 0.4) is 0 Å². The molecule has 0 unspecified atom stereocenters. The van der Waals surface area contributed by atoms with E-state index < -0.39 is 5.97 Å². The number of aromatic carboxylic acids is 1. The number of aryl methyl sites for hydroxylation is 2. The van der Waals surface area contributed by atoms with Crippen LogP contribution in [0.25, 0.3) is 0 Å². The fraction of sp³-hybridized carbons (Fsp3) is 0.308. The maximum Gasteiger partial charge on any atom is 0.339 e. The summed E-state index contributed by atoms with van der Waals surface area (Å²) >= 11 is 1.13. The van der Waals surface area contributed by atoms with Crippen LogP contribution in [0.4, 0.5) is 0 Å². The second-order valence-electron chi connectivity index (χ2n) is 4.13. The van der Waals surface area contributed by atoms with Gasteiger partial charge in [-0.25, -0.2) is 4.79 Å². The van der Waals surface area contributed by atoms with Crippen LogP contribution in [0.2, 0.25) is 0 Å². The summed E-state index contributed by atoms with van der Waals surface area (Å²) in [5.74, 6) is 0.000724. The standard InChI is InChI=1S/C13H14N2O3S/c1-3-4-11-14-13(19-15-11)18-10-6-5-8(2)7-9(10)12(16)17/h5-7H,3-4H2,1-2H3,(H,16,17). The number of carboxylic acids is 1. The molecule has 0 spiro atoms. The molecule has 2 aromatic rings. The van der Waals surface area contributed by atoms with Crippen LogP contribution in [-0.2, 0) is 6.42 Å². The lowest BCUT2D eigenvalue weighted by molar-refractivity contribution is 0.0694. The van der Waals surface area contributed by atoms with Crippen molar-refractivity contribution in [2.75, 3.05) is 0 Å². The van der Waals surface area contributed by atoms with Gasteiger partial charge in [0, 0.05) is 18.0 Å². The van der Waals surface area contributed by atoms with E-state index >= 15 is 0 Å². The van der Waals surface area contributed by atoms with Crippen molar-refractivity contribution in [2.24, 2.45) is 0 Å². The molecule has 1 aromatic carbocycles. The second kappa shape index (κ2) is 5.79. The maximum atomic E-state index is 11.2. The third kappa shape index (κ3) is 3.29. The molecule has 100 valence electrons. The Morgan fingerprint density at radius 3 is 2.95 bits per heavy atom. The van der Waals surface area contributed by atoms with Crippen LogP contribution in [0.5, 0.6) is 10.9 Å². The first-order valence-electron chi connectivity index (χ1n) is 5.94. The maximum absolute atomic E-state index is 11.2. The summed E-state index contributed by atoms with van der Waals surface area (Å²) in [4.78, 5) is 15.4. The number of carbonyl (C=O) groups is 1. The Bertz CT molecular complexity index is 595. The number of nitrogens with zero attached hydrogens (tertiary/aromatic N) is 2. The molecule has 1 heterocycles. The highest BCUT2D eigenvalue weighted by Gasteiger charge is 2.14. The summed E-state index contributed by atoms with van der Waals surface area (Å²) in [7, 11) is 0. The lowest BCUT2D eigenvalue weighted by Gasteiger charge is -2.06. The molecule has 0 amide bonds. The Kier molecular flexibility index (Phi) is 4.11. The third-order valence-corrected chi connectivity index (χ3v) is 3.12. The molecule has 0 atom stereocenters. The molecule has 0 aliphatic rings. The van der Waals surface area contributed by atoms with E-state index in [-0.39, 0.29) is 11.3 Å². The van der Waals surface area contributed by atoms with Crippen LogP contribution in [0, 0.1) is 6.92 Å². The molecule has 0 aliphatic heterocycles. The highest BCUT2D eigenvalue weighted by Crippen LogP contribution is 2.27. The molecule has 1 N–H and O–H groups in total. The monoisotopic (exact) mass is 278 g/mol. The van der Waals surface area contributed by atoms with Crippen molar-refractivity contribution in [2.45, 2.75) is 26.7 Å². The molecule has 0 aliphatic carbocycles. The fourth-order valence-electron chi connectivity index (χ4n) is 1.60. The molecule has 2 rings (SSSR count). The molecule has 0 bridgehead atoms. The zero-order valence-corrected chi connectivity index (χ0v) is 11.5. The van der Waals surface area contributed by atoms with Crippen molar-refractivity contribution >= 4 is 17.5 Å². The minimum Gasteiger partial charge on any atom is -0.478 e. The lowest BCUT2D eigenvalue weighted by Crippen LogP contribution is -2.00. The van der Waals surface area contributed by atoms with Gasteiger partial charge in [-0.3, -0.25) is 0 Å². The predicted octanol–water partition coefficient (Wildman–Crippen LogP) is 3.29. The van der Waals surface area contributed by atoms with Gasteiger partial charge in [0.1, 0.15) is 17.1 Å². The first kappa shape index (κ1) is 13.5. The highest BCUT2D eigenvalue weighted by atomic mass is 32.1. The Hall–Kier alpha value is -1.95. The first-order valence-corrected chi connectivity index (χ1v) is 6.72. The molecule has 0 saturated carbocycles. The SMILES string of the molecule is CCCc1nsc(Oc2ccc(C)cc2C(=O)O)n1. The Balaban J connectivity index is 2.24. The van der Waals surface area contributed by atoms with Crippen molar-refractivity contribution in [3.8, 4) is 10.9 Å². The molecular formula is C13H14N2O3S. The van der Waals surface area contributed by atoms with E-state index in [0.717, 1.165) is 35.8 Å². The topological polar surface area (TPSA) is 72.3 Å². The quantitative estimate of drug-likeness (QED) is 0.908. The summed E-state index contributed by atoms with van der Waals surface area (Å²) in [5, 5.41) is 9.52. The van der Waals surface area contributed by atoms with Gasteiger partial charge >= 0.3 is 5.97 Å². The summed E-state index contributed by atoms with van der Waals surface area (Å²) in [6, 6.07) is 5.01. The van der Waals surface area contributed by atoms with Crippen molar-refractivity contribution in [1.82, 2.24) is 9.36 Å². The second-order valence-corrected chi connectivity index (χ2v) is 4.85. The minimum atomic E-state index is -1.02. The van der Waals surface area contributed by atoms with Crippen molar-refractivity contribution in [1.29, 1.82) is 0 Å². The lowest BCUT2D eigenvalue weighted by atomic mass is 10.1. The number of hydrogen-bond donors (Lipinski definition) is 1. The predicted molar refractivity (Wildman–Crippen MR) is 72.1 cm³/mol. The van der Waals surface area contributed by atoms with Crippen LogP contribution in [0.1, 0.15) is 35.1 Å². The van der Waals surface area contributed by atoms with Crippen molar-refractivity contribution in [3.05, 3.63) is 35.2 Å². The molecule has 5 nitrogen and oxygen atoms in total. The third-order valence-electron chi connectivity index (χ3n) is 2.49. The molecule has 6 heteroatoms. The molecule has 0 saturated heterocycles. The van der Waals surface area contributed by atoms with Crippen LogP contribution < -0.4 is 4.74 Å². The average molecular weight is 278 g/mol. The Morgan fingerprint density at radius 2 is 2.26 bits per heavy atom. The van der Waals surface area contributed by atoms with E-state index in [1.807, 2.05) is 13.8 Å². The van der Waals surface area contributed by atoms with Crippen LogP contribution in [-0.4, -0.2) is 20.4 Å². The highest BCUT2D eigenvalue weighted by molar-refractivity contribution is 7.07. The van der Waals surface area contributed by atoms with Crippen LogP contribution >= 0.6 is 11.5 Å². The van der Waals surface area contributed by atoms with Gasteiger partial charge in [0.15, 0.2) is 0 Å². The van der Waals surface area contributed by atoms with E-state index in [0.29, 0.717) is 5.19 Å². The smallest absolute Gasteiger partial charge is 0.339 e. The van der Waals surface area contributed by atoms with E-state index in [1.165, 1.54) is 0 Å². The molecule has 0 fully saturated rings. The number of ether oxygens (including phenoxy) is 1. The Morgan fingerprint density at radius 1 is 1.47 bits per heavy atom. The summed E-state index contributed by atoms with van der Waals surface area (Å²) in [5.41, 5.74) is 1.00. The van der Waals surface area contributed by atoms with Gasteiger partial charge in [0.2, 0.25) is 0 Å². The molecule has 1 aromatic heterocycles. The van der Waals surface area contributed by atoms with Gasteiger partial charge < -0.3 is 9.84 Å². The largest absolute Gasteiger partial charge is 0.478 e. The summed E-state index contributed by atoms with van der Waals surface area (Å²) in [6.45, 7) is 3.88. The molecule has 19 heavy (non-hydrogen) atoms. The normalized spacial score (nSPS) is 10.4. The van der Waals surface area contributed by atoms with Crippen molar-refractivity contribution in [3.63, 3.8) is 0 Å². The zero-order valence-electron chi connectivity index (χ0n) is 10.7.